The number of hydrogen-bond acceptors (Lipinski definition) is 4. The maximum atomic E-state index is 12.5. The van der Waals surface area contributed by atoms with Crippen LogP contribution in [0.25, 0.3) is 0 Å². The molecule has 0 spiro atoms. The predicted octanol–water partition coefficient (Wildman–Crippen LogP) is 0.311. The predicted molar refractivity (Wildman–Crippen MR) is 74.3 cm³/mol. The molecule has 0 aromatic rings. The second kappa shape index (κ2) is 5.81. The number of rotatable bonds is 1. The Bertz CT molecular complexity index is 422. The molecule has 3 aliphatic rings. The fourth-order valence-electron chi connectivity index (χ4n) is 3.43. The molecule has 0 N–H and O–H groups in total. The van der Waals surface area contributed by atoms with E-state index in [-0.39, 0.29) is 30.0 Å². The van der Waals surface area contributed by atoms with Gasteiger partial charge in [0, 0.05) is 27.2 Å². The fourth-order valence-corrected chi connectivity index (χ4v) is 3.43. The molecule has 3 aliphatic heterocycles. The molecule has 3 fully saturated rings. The number of hydrogen-bond donors (Lipinski definition) is 0. The van der Waals surface area contributed by atoms with Crippen LogP contribution in [0.3, 0.4) is 0 Å². The first-order valence-electron chi connectivity index (χ1n) is 7.61. The van der Waals surface area contributed by atoms with Crippen molar-refractivity contribution in [1.29, 1.82) is 0 Å². The number of amides is 3. The lowest BCUT2D eigenvalue weighted by Crippen LogP contribution is -2.57. The second-order valence-electron chi connectivity index (χ2n) is 6.15. The lowest BCUT2D eigenvalue weighted by molar-refractivity contribution is -0.176. The number of piperidine rings is 1. The molecule has 3 rings (SSSR count). The summed E-state index contributed by atoms with van der Waals surface area (Å²) in [5.41, 5.74) is 0. The van der Waals surface area contributed by atoms with E-state index in [1.807, 2.05) is 0 Å². The Kier molecular flexibility index (Phi) is 4.03. The Morgan fingerprint density at radius 1 is 1.24 bits per heavy atom. The Balaban J connectivity index is 1.74. The van der Waals surface area contributed by atoms with Crippen LogP contribution in [-0.2, 0) is 14.4 Å². The van der Waals surface area contributed by atoms with Gasteiger partial charge in [-0.3, -0.25) is 9.63 Å². The zero-order chi connectivity index (χ0) is 15.0. The summed E-state index contributed by atoms with van der Waals surface area (Å²) in [6, 6.07) is 0.0544. The first-order chi connectivity index (χ1) is 10.1. The molecule has 0 unspecified atom stereocenters. The molecule has 7 nitrogen and oxygen atoms in total. The average molecular weight is 297 g/mol. The van der Waals surface area contributed by atoms with Gasteiger partial charge in [0.1, 0.15) is 0 Å². The minimum Gasteiger partial charge on any atom is -0.376 e. The van der Waals surface area contributed by atoms with Crippen LogP contribution in [0, 0.1) is 5.92 Å². The zero-order valence-electron chi connectivity index (χ0n) is 12.7. The summed E-state index contributed by atoms with van der Waals surface area (Å²) in [4.78, 5) is 33.6. The molecule has 3 heterocycles. The third-order valence-corrected chi connectivity index (χ3v) is 4.48. The van der Waals surface area contributed by atoms with Crippen LogP contribution in [-0.4, -0.2) is 79.3 Å². The molecule has 0 radical (unpaired) electrons. The number of hydroxylamine groups is 2. The van der Waals surface area contributed by atoms with E-state index in [0.717, 1.165) is 12.8 Å². The third-order valence-electron chi connectivity index (χ3n) is 4.48. The van der Waals surface area contributed by atoms with Crippen LogP contribution in [0.4, 0.5) is 4.79 Å². The quantitative estimate of drug-likeness (QED) is 0.699. The van der Waals surface area contributed by atoms with Gasteiger partial charge in [-0.05, 0) is 19.3 Å². The molecule has 0 aromatic carbocycles. The topological polar surface area (TPSA) is 62.3 Å². The number of ether oxygens (including phenoxy) is 1. The van der Waals surface area contributed by atoms with Gasteiger partial charge in [-0.1, -0.05) is 0 Å². The van der Waals surface area contributed by atoms with Crippen LogP contribution in [0.5, 0.6) is 0 Å². The minimum absolute atomic E-state index is 0.0157. The molecule has 0 aliphatic carbocycles. The summed E-state index contributed by atoms with van der Waals surface area (Å²) < 4.78 is 5.74. The Morgan fingerprint density at radius 2 is 2.05 bits per heavy atom. The van der Waals surface area contributed by atoms with Gasteiger partial charge >= 0.3 is 6.03 Å². The highest BCUT2D eigenvalue weighted by atomic mass is 16.7. The third kappa shape index (κ3) is 2.72. The molecule has 21 heavy (non-hydrogen) atoms. The molecule has 0 bridgehead atoms. The summed E-state index contributed by atoms with van der Waals surface area (Å²) in [5.74, 6) is -0.246. The van der Waals surface area contributed by atoms with E-state index in [1.54, 1.807) is 23.9 Å². The Hall–Kier alpha value is -1.34. The van der Waals surface area contributed by atoms with Gasteiger partial charge < -0.3 is 14.5 Å². The van der Waals surface area contributed by atoms with Crippen molar-refractivity contribution in [3.8, 4) is 0 Å². The van der Waals surface area contributed by atoms with E-state index in [4.69, 9.17) is 9.57 Å². The van der Waals surface area contributed by atoms with E-state index >= 15 is 0 Å². The van der Waals surface area contributed by atoms with Gasteiger partial charge in [-0.25, -0.2) is 9.86 Å². The van der Waals surface area contributed by atoms with Gasteiger partial charge in [-0.2, -0.15) is 0 Å². The Morgan fingerprint density at radius 3 is 2.71 bits per heavy atom. The number of likely N-dealkylation sites (tertiary alicyclic amines) is 1. The van der Waals surface area contributed by atoms with Gasteiger partial charge in [-0.15, -0.1) is 0 Å². The van der Waals surface area contributed by atoms with Gasteiger partial charge in [0.15, 0.2) is 0 Å². The molecule has 3 amide bonds. The standard InChI is InChI=1S/C14H23N3O4/c1-15(2)14(19)16-9-10(8-12-11(16)4-7-20-12)13(18)17-5-3-6-21-17/h10-12H,3-9H2,1-2H3/t10-,11-,12-/m0/s1. The van der Waals surface area contributed by atoms with E-state index in [9.17, 15) is 9.59 Å². The average Bonchev–Trinajstić information content (AvgIpc) is 3.15. The lowest BCUT2D eigenvalue weighted by Gasteiger charge is -2.41. The molecule has 0 aromatic heterocycles. The summed E-state index contributed by atoms with van der Waals surface area (Å²) in [7, 11) is 3.48. The first kappa shape index (κ1) is 14.6. The summed E-state index contributed by atoms with van der Waals surface area (Å²) in [6.45, 7) is 2.36. The number of fused-ring (bicyclic) bond motifs is 1. The molecule has 3 saturated heterocycles. The first-order valence-corrected chi connectivity index (χ1v) is 7.61. The highest BCUT2D eigenvalue weighted by molar-refractivity contribution is 5.80. The van der Waals surface area contributed by atoms with Gasteiger partial charge in [0.2, 0.25) is 0 Å². The van der Waals surface area contributed by atoms with E-state index in [1.165, 1.54) is 5.06 Å². The molecular weight excluding hydrogens is 274 g/mol. The van der Waals surface area contributed by atoms with Crippen LogP contribution in [0.15, 0.2) is 0 Å². The SMILES string of the molecule is CN(C)C(=O)N1C[C@@H](C(=O)N2CCCO2)C[C@@H]2OCC[C@@H]21. The highest BCUT2D eigenvalue weighted by Gasteiger charge is 2.45. The fraction of sp³-hybridized carbons (Fsp3) is 0.857. The van der Waals surface area contributed by atoms with Crippen molar-refractivity contribution in [2.24, 2.45) is 5.92 Å². The summed E-state index contributed by atoms with van der Waals surface area (Å²) >= 11 is 0. The van der Waals surface area contributed by atoms with Crippen molar-refractivity contribution in [3.05, 3.63) is 0 Å². The van der Waals surface area contributed by atoms with Crippen LogP contribution < -0.4 is 0 Å². The number of nitrogens with zero attached hydrogens (tertiary/aromatic N) is 3. The normalized spacial score (nSPS) is 32.2. The van der Waals surface area contributed by atoms with Crippen LogP contribution in [0.2, 0.25) is 0 Å². The van der Waals surface area contributed by atoms with Crippen molar-refractivity contribution in [1.82, 2.24) is 14.9 Å². The molecule has 0 saturated carbocycles. The van der Waals surface area contributed by atoms with Crippen molar-refractivity contribution in [3.63, 3.8) is 0 Å². The summed E-state index contributed by atoms with van der Waals surface area (Å²) in [6.07, 6.45) is 2.38. The van der Waals surface area contributed by atoms with Gasteiger partial charge in [0.05, 0.1) is 31.2 Å². The van der Waals surface area contributed by atoms with Crippen LogP contribution in [0.1, 0.15) is 19.3 Å². The monoisotopic (exact) mass is 297 g/mol. The number of urea groups is 1. The molecule has 7 heteroatoms. The maximum Gasteiger partial charge on any atom is 0.319 e. The molecule has 3 atom stereocenters. The highest BCUT2D eigenvalue weighted by Crippen LogP contribution is 2.33. The number of carbonyl (C=O) groups excluding carboxylic acids is 2. The maximum absolute atomic E-state index is 12.5. The Labute approximate surface area is 124 Å². The van der Waals surface area contributed by atoms with E-state index < -0.39 is 0 Å². The van der Waals surface area contributed by atoms with Gasteiger partial charge in [0.25, 0.3) is 5.91 Å². The minimum atomic E-state index is -0.230. The smallest absolute Gasteiger partial charge is 0.319 e. The zero-order valence-corrected chi connectivity index (χ0v) is 12.7. The van der Waals surface area contributed by atoms with Crippen molar-refractivity contribution in [2.45, 2.75) is 31.4 Å². The summed E-state index contributed by atoms with van der Waals surface area (Å²) in [5, 5.41) is 1.46. The van der Waals surface area contributed by atoms with E-state index in [0.29, 0.717) is 32.7 Å². The van der Waals surface area contributed by atoms with Crippen molar-refractivity contribution in [2.75, 3.05) is 40.4 Å². The lowest BCUT2D eigenvalue weighted by atomic mass is 9.89. The number of carbonyl (C=O) groups is 2. The second-order valence-corrected chi connectivity index (χ2v) is 6.15. The van der Waals surface area contributed by atoms with E-state index in [2.05, 4.69) is 0 Å². The van der Waals surface area contributed by atoms with Crippen molar-refractivity contribution < 1.29 is 19.2 Å². The van der Waals surface area contributed by atoms with Crippen molar-refractivity contribution >= 4 is 11.9 Å². The van der Waals surface area contributed by atoms with Crippen LogP contribution >= 0.6 is 0 Å². The molecular formula is C14H23N3O4. The molecule has 118 valence electrons. The largest absolute Gasteiger partial charge is 0.376 e.